The van der Waals surface area contributed by atoms with Crippen molar-refractivity contribution in [2.45, 2.75) is 6.42 Å². The predicted molar refractivity (Wildman–Crippen MR) is 114 cm³/mol. The summed E-state index contributed by atoms with van der Waals surface area (Å²) in [5.41, 5.74) is 11.0. The maximum absolute atomic E-state index is 6.11. The zero-order valence-electron chi connectivity index (χ0n) is 15.0. The first-order valence-corrected chi connectivity index (χ1v) is 9.81. The fraction of sp³-hybridized carbons (Fsp3) is 0.0435. The molecule has 5 heteroatoms. The van der Waals surface area contributed by atoms with E-state index >= 15 is 0 Å². The molecule has 3 aromatic heterocycles. The van der Waals surface area contributed by atoms with Crippen molar-refractivity contribution < 1.29 is 4.42 Å². The van der Waals surface area contributed by atoms with E-state index in [1.165, 1.54) is 15.6 Å². The monoisotopic (exact) mass is 383 g/mol. The maximum Gasteiger partial charge on any atom is 0.221 e. The van der Waals surface area contributed by atoms with Gasteiger partial charge in [-0.05, 0) is 29.1 Å². The highest BCUT2D eigenvalue weighted by Crippen LogP contribution is 2.38. The number of fused-ring (bicyclic) bond motifs is 1. The van der Waals surface area contributed by atoms with E-state index in [-0.39, 0.29) is 5.95 Å². The molecule has 0 aliphatic rings. The van der Waals surface area contributed by atoms with Crippen molar-refractivity contribution in [2.75, 3.05) is 5.73 Å². The van der Waals surface area contributed by atoms with Crippen molar-refractivity contribution in [3.05, 3.63) is 90.4 Å². The lowest BCUT2D eigenvalue weighted by atomic mass is 9.98. The number of hydrogen-bond donors (Lipinski definition) is 1. The smallest absolute Gasteiger partial charge is 0.221 e. The lowest BCUT2D eigenvalue weighted by molar-refractivity contribution is 0.568. The van der Waals surface area contributed by atoms with Crippen molar-refractivity contribution in [3.8, 4) is 21.8 Å². The van der Waals surface area contributed by atoms with Crippen molar-refractivity contribution in [2.24, 2.45) is 0 Å². The summed E-state index contributed by atoms with van der Waals surface area (Å²) in [5, 5.41) is 1.20. The number of furan rings is 1. The van der Waals surface area contributed by atoms with Crippen LogP contribution in [-0.4, -0.2) is 9.97 Å². The van der Waals surface area contributed by atoms with Crippen LogP contribution in [0.4, 0.5) is 5.95 Å². The van der Waals surface area contributed by atoms with E-state index in [0.717, 1.165) is 27.4 Å². The molecule has 4 nitrogen and oxygen atoms in total. The van der Waals surface area contributed by atoms with E-state index in [1.54, 1.807) is 23.9 Å². The van der Waals surface area contributed by atoms with E-state index in [9.17, 15) is 0 Å². The van der Waals surface area contributed by atoms with Crippen LogP contribution >= 0.6 is 11.3 Å². The predicted octanol–water partition coefficient (Wildman–Crippen LogP) is 5.79. The summed E-state index contributed by atoms with van der Waals surface area (Å²) < 4.78 is 6.54. The molecule has 0 atom stereocenters. The third kappa shape index (κ3) is 3.06. The van der Waals surface area contributed by atoms with Gasteiger partial charge in [-0.1, -0.05) is 48.5 Å². The summed E-state index contributed by atoms with van der Waals surface area (Å²) in [6.07, 6.45) is 4.06. The second kappa shape index (κ2) is 6.94. The van der Waals surface area contributed by atoms with Gasteiger partial charge in [-0.25, -0.2) is 9.97 Å². The van der Waals surface area contributed by atoms with Crippen molar-refractivity contribution in [3.63, 3.8) is 0 Å². The highest BCUT2D eigenvalue weighted by atomic mass is 32.1. The van der Waals surface area contributed by atoms with E-state index in [1.807, 2.05) is 24.3 Å². The molecule has 3 heterocycles. The summed E-state index contributed by atoms with van der Waals surface area (Å²) in [4.78, 5) is 10.3. The molecule has 136 valence electrons. The third-order valence-electron chi connectivity index (χ3n) is 4.70. The van der Waals surface area contributed by atoms with Gasteiger partial charge in [-0.3, -0.25) is 0 Å². The maximum atomic E-state index is 6.11. The first-order chi connectivity index (χ1) is 13.8. The fourth-order valence-electron chi connectivity index (χ4n) is 3.41. The Hall–Kier alpha value is -3.44. The van der Waals surface area contributed by atoms with Gasteiger partial charge >= 0.3 is 0 Å². The van der Waals surface area contributed by atoms with Crippen molar-refractivity contribution >= 4 is 27.4 Å². The Bertz CT molecular complexity index is 1210. The van der Waals surface area contributed by atoms with Crippen LogP contribution in [0.5, 0.6) is 0 Å². The molecular formula is C23H17N3OS. The molecule has 0 bridgehead atoms. The van der Waals surface area contributed by atoms with Gasteiger partial charge in [-0.15, -0.1) is 11.3 Å². The molecule has 0 fully saturated rings. The fourth-order valence-corrected chi connectivity index (χ4v) is 4.49. The van der Waals surface area contributed by atoms with Crippen LogP contribution in [0.1, 0.15) is 11.1 Å². The molecule has 2 aromatic carbocycles. The van der Waals surface area contributed by atoms with Gasteiger partial charge in [0, 0.05) is 22.2 Å². The Kier molecular flexibility index (Phi) is 4.14. The average Bonchev–Trinajstić information content (AvgIpc) is 3.39. The first kappa shape index (κ1) is 16.7. The third-order valence-corrected chi connectivity index (χ3v) is 5.82. The molecule has 0 saturated heterocycles. The van der Waals surface area contributed by atoms with E-state index in [0.29, 0.717) is 6.42 Å². The van der Waals surface area contributed by atoms with Crippen LogP contribution in [0.15, 0.2) is 83.7 Å². The topological polar surface area (TPSA) is 64.9 Å². The van der Waals surface area contributed by atoms with Crippen LogP contribution in [0.2, 0.25) is 0 Å². The number of rotatable bonds is 4. The van der Waals surface area contributed by atoms with Gasteiger partial charge in [0.25, 0.3) is 0 Å². The molecule has 2 N–H and O–H groups in total. The van der Waals surface area contributed by atoms with Crippen LogP contribution in [0, 0.1) is 0 Å². The molecule has 28 heavy (non-hydrogen) atoms. The highest BCUT2D eigenvalue weighted by molar-refractivity contribution is 7.22. The first-order valence-electron chi connectivity index (χ1n) is 9.00. The van der Waals surface area contributed by atoms with Gasteiger partial charge in [0.05, 0.1) is 28.8 Å². The van der Waals surface area contributed by atoms with E-state index in [2.05, 4.69) is 52.4 Å². The van der Waals surface area contributed by atoms with Gasteiger partial charge in [0.2, 0.25) is 5.95 Å². The normalized spacial score (nSPS) is 11.1. The largest absolute Gasteiger partial charge is 0.472 e. The second-order valence-corrected chi connectivity index (χ2v) is 7.66. The van der Waals surface area contributed by atoms with Gasteiger partial charge in [-0.2, -0.15) is 0 Å². The van der Waals surface area contributed by atoms with Gasteiger partial charge in [0.15, 0.2) is 0 Å². The molecule has 0 unspecified atom stereocenters. The van der Waals surface area contributed by atoms with Gasteiger partial charge in [0.1, 0.15) is 0 Å². The number of benzene rings is 2. The number of nitrogen functional groups attached to an aromatic ring is 1. The van der Waals surface area contributed by atoms with Crippen LogP contribution in [-0.2, 0) is 6.42 Å². The summed E-state index contributed by atoms with van der Waals surface area (Å²) in [6, 6.07) is 22.8. The lowest BCUT2D eigenvalue weighted by Crippen LogP contribution is -2.05. The molecule has 5 aromatic rings. The number of nitrogens with zero attached hydrogens (tertiary/aromatic N) is 2. The molecule has 5 rings (SSSR count). The van der Waals surface area contributed by atoms with Crippen molar-refractivity contribution in [1.82, 2.24) is 9.97 Å². The Morgan fingerprint density at radius 3 is 2.46 bits per heavy atom. The van der Waals surface area contributed by atoms with Crippen molar-refractivity contribution in [1.29, 1.82) is 0 Å². The van der Waals surface area contributed by atoms with E-state index in [4.69, 9.17) is 10.2 Å². The van der Waals surface area contributed by atoms with Crippen LogP contribution in [0.3, 0.4) is 0 Å². The number of thiophene rings is 1. The molecule has 0 amide bonds. The number of hydrogen-bond acceptors (Lipinski definition) is 5. The Labute approximate surface area is 166 Å². The van der Waals surface area contributed by atoms with Crippen LogP contribution in [0.25, 0.3) is 31.9 Å². The minimum atomic E-state index is 0.264. The molecule has 0 spiro atoms. The Balaban J connectivity index is 1.75. The minimum Gasteiger partial charge on any atom is -0.472 e. The zero-order chi connectivity index (χ0) is 18.9. The number of nitrogens with two attached hydrogens (primary N) is 1. The minimum absolute atomic E-state index is 0.264. The summed E-state index contributed by atoms with van der Waals surface area (Å²) in [7, 11) is 0. The molecule has 0 aliphatic heterocycles. The highest BCUT2D eigenvalue weighted by Gasteiger charge is 2.19. The second-order valence-electron chi connectivity index (χ2n) is 6.58. The molecule has 0 saturated carbocycles. The SMILES string of the molecule is Nc1nc(-c2ccoc2)c(Cc2ccccc2)c(-c2cc3ccccc3s2)n1. The summed E-state index contributed by atoms with van der Waals surface area (Å²) >= 11 is 1.72. The average molecular weight is 383 g/mol. The molecule has 0 radical (unpaired) electrons. The Morgan fingerprint density at radius 2 is 1.68 bits per heavy atom. The Morgan fingerprint density at radius 1 is 0.893 bits per heavy atom. The number of anilines is 1. The number of aromatic nitrogens is 2. The standard InChI is InChI=1S/C23H17N3OS/c24-23-25-21(17-10-11-27-14-17)18(12-15-6-2-1-3-7-15)22(26-23)20-13-16-8-4-5-9-19(16)28-20/h1-11,13-14H,12H2,(H2,24,25,26). The van der Waals surface area contributed by atoms with Gasteiger partial charge < -0.3 is 10.2 Å². The lowest BCUT2D eigenvalue weighted by Gasteiger charge is -2.13. The zero-order valence-corrected chi connectivity index (χ0v) is 15.8. The molecule has 0 aliphatic carbocycles. The van der Waals surface area contributed by atoms with E-state index < -0.39 is 0 Å². The summed E-state index contributed by atoms with van der Waals surface area (Å²) in [5.74, 6) is 0.264. The summed E-state index contributed by atoms with van der Waals surface area (Å²) in [6.45, 7) is 0. The quantitative estimate of drug-likeness (QED) is 0.426. The van der Waals surface area contributed by atoms with Crippen LogP contribution < -0.4 is 5.73 Å². The molecular weight excluding hydrogens is 366 g/mol.